The van der Waals surface area contributed by atoms with Crippen molar-refractivity contribution < 1.29 is 18.7 Å². The molecule has 0 N–H and O–H groups in total. The van der Waals surface area contributed by atoms with E-state index in [2.05, 4.69) is 0 Å². The van der Waals surface area contributed by atoms with Gasteiger partial charge in [-0.05, 0) is 51.3 Å². The molecule has 2 aliphatic rings. The fourth-order valence-corrected chi connectivity index (χ4v) is 3.95. The van der Waals surface area contributed by atoms with Crippen LogP contribution in [0.1, 0.15) is 38.0 Å². The van der Waals surface area contributed by atoms with Gasteiger partial charge in [-0.3, -0.25) is 4.79 Å². The quantitative estimate of drug-likeness (QED) is 0.858. The van der Waals surface area contributed by atoms with Gasteiger partial charge in [-0.15, -0.1) is 0 Å². The van der Waals surface area contributed by atoms with E-state index < -0.39 is 0 Å². The Kier molecular flexibility index (Phi) is 4.42. The van der Waals surface area contributed by atoms with Crippen molar-refractivity contribution in [3.63, 3.8) is 0 Å². The SMILES string of the molecule is CC1CN(C(=O)COc2ccc3oc4c(c3c2)CCCC4)CC(C)O1. The molecule has 1 amide bonds. The highest BCUT2D eigenvalue weighted by Gasteiger charge is 2.26. The molecule has 1 aromatic heterocycles. The molecule has 1 aliphatic carbocycles. The summed E-state index contributed by atoms with van der Waals surface area (Å²) in [5, 5.41) is 1.13. The molecule has 25 heavy (non-hydrogen) atoms. The van der Waals surface area contributed by atoms with Crippen LogP contribution in [0.25, 0.3) is 11.0 Å². The summed E-state index contributed by atoms with van der Waals surface area (Å²) in [5.74, 6) is 1.85. The van der Waals surface area contributed by atoms with E-state index in [4.69, 9.17) is 13.9 Å². The smallest absolute Gasteiger partial charge is 0.260 e. The van der Waals surface area contributed by atoms with E-state index in [-0.39, 0.29) is 24.7 Å². The van der Waals surface area contributed by atoms with Gasteiger partial charge in [0.15, 0.2) is 6.61 Å². The minimum atomic E-state index is 0.0105. The van der Waals surface area contributed by atoms with Gasteiger partial charge >= 0.3 is 0 Å². The minimum absolute atomic E-state index is 0.0105. The molecule has 1 aliphatic heterocycles. The average Bonchev–Trinajstić information content (AvgIpc) is 2.97. The molecule has 0 saturated carbocycles. The second-order valence-corrected chi connectivity index (χ2v) is 7.21. The number of furan rings is 1. The Hall–Kier alpha value is -2.01. The molecule has 1 saturated heterocycles. The highest BCUT2D eigenvalue weighted by molar-refractivity contribution is 5.84. The first kappa shape index (κ1) is 16.5. The molecule has 2 aromatic rings. The molecular formula is C20H25NO4. The first-order valence-corrected chi connectivity index (χ1v) is 9.20. The van der Waals surface area contributed by atoms with E-state index >= 15 is 0 Å². The van der Waals surface area contributed by atoms with Crippen LogP contribution in [0.2, 0.25) is 0 Å². The molecular weight excluding hydrogens is 318 g/mol. The number of nitrogens with zero attached hydrogens (tertiary/aromatic N) is 1. The summed E-state index contributed by atoms with van der Waals surface area (Å²) in [7, 11) is 0. The molecule has 4 rings (SSSR count). The first-order valence-electron chi connectivity index (χ1n) is 9.20. The van der Waals surface area contributed by atoms with Gasteiger partial charge in [-0.2, -0.15) is 0 Å². The molecule has 5 heteroatoms. The Bertz CT molecular complexity index is 771. The average molecular weight is 343 g/mol. The van der Waals surface area contributed by atoms with Crippen LogP contribution < -0.4 is 4.74 Å². The van der Waals surface area contributed by atoms with Gasteiger partial charge in [0.2, 0.25) is 0 Å². The Morgan fingerprint density at radius 3 is 2.76 bits per heavy atom. The number of amides is 1. The van der Waals surface area contributed by atoms with E-state index in [1.807, 2.05) is 36.9 Å². The Morgan fingerprint density at radius 2 is 1.96 bits per heavy atom. The van der Waals surface area contributed by atoms with Gasteiger partial charge in [0.25, 0.3) is 5.91 Å². The summed E-state index contributed by atoms with van der Waals surface area (Å²) in [6, 6.07) is 5.85. The van der Waals surface area contributed by atoms with E-state index in [1.165, 1.54) is 18.4 Å². The summed E-state index contributed by atoms with van der Waals surface area (Å²) >= 11 is 0. The van der Waals surface area contributed by atoms with Crippen molar-refractivity contribution in [2.45, 2.75) is 51.7 Å². The van der Waals surface area contributed by atoms with Crippen LogP contribution in [0.3, 0.4) is 0 Å². The lowest BCUT2D eigenvalue weighted by molar-refractivity contribution is -0.145. The molecule has 1 aromatic carbocycles. The van der Waals surface area contributed by atoms with Gasteiger partial charge < -0.3 is 18.8 Å². The van der Waals surface area contributed by atoms with Gasteiger partial charge in [-0.1, -0.05) is 0 Å². The second-order valence-electron chi connectivity index (χ2n) is 7.21. The molecule has 0 spiro atoms. The predicted molar refractivity (Wildman–Crippen MR) is 94.9 cm³/mol. The first-order chi connectivity index (χ1) is 12.1. The third kappa shape index (κ3) is 3.38. The van der Waals surface area contributed by atoms with E-state index in [0.717, 1.165) is 35.3 Å². The van der Waals surface area contributed by atoms with Crippen LogP contribution in [0.5, 0.6) is 5.75 Å². The third-order valence-electron chi connectivity index (χ3n) is 5.06. The molecule has 2 heterocycles. The zero-order chi connectivity index (χ0) is 17.4. The molecule has 134 valence electrons. The third-order valence-corrected chi connectivity index (χ3v) is 5.06. The standard InChI is InChI=1S/C20H25NO4/c1-13-10-21(11-14(2)24-13)20(22)12-23-15-7-8-19-17(9-15)16-5-3-4-6-18(16)25-19/h7-9,13-14H,3-6,10-12H2,1-2H3. The number of carbonyl (C=O) groups is 1. The van der Waals surface area contributed by atoms with Crippen molar-refractivity contribution in [1.82, 2.24) is 4.90 Å². The molecule has 2 atom stereocenters. The molecule has 1 fully saturated rings. The maximum Gasteiger partial charge on any atom is 0.260 e. The van der Waals surface area contributed by atoms with E-state index in [9.17, 15) is 4.79 Å². The summed E-state index contributed by atoms with van der Waals surface area (Å²) in [5.41, 5.74) is 2.23. The number of hydrogen-bond acceptors (Lipinski definition) is 4. The van der Waals surface area contributed by atoms with Crippen LogP contribution in [-0.4, -0.2) is 42.7 Å². The fourth-order valence-electron chi connectivity index (χ4n) is 3.95. The Labute approximate surface area is 147 Å². The van der Waals surface area contributed by atoms with Gasteiger partial charge in [-0.25, -0.2) is 0 Å². The summed E-state index contributed by atoms with van der Waals surface area (Å²) in [6.07, 6.45) is 4.63. The summed E-state index contributed by atoms with van der Waals surface area (Å²) in [6.45, 7) is 5.30. The number of morpholine rings is 1. The van der Waals surface area contributed by atoms with Crippen molar-refractivity contribution in [2.24, 2.45) is 0 Å². The zero-order valence-corrected chi connectivity index (χ0v) is 14.9. The van der Waals surface area contributed by atoms with Crippen molar-refractivity contribution in [2.75, 3.05) is 19.7 Å². The van der Waals surface area contributed by atoms with Crippen LogP contribution in [0.15, 0.2) is 22.6 Å². The monoisotopic (exact) mass is 343 g/mol. The predicted octanol–water partition coefficient (Wildman–Crippen LogP) is 3.33. The van der Waals surface area contributed by atoms with Gasteiger partial charge in [0.1, 0.15) is 17.1 Å². The maximum absolute atomic E-state index is 12.4. The lowest BCUT2D eigenvalue weighted by Crippen LogP contribution is -2.49. The molecule has 0 bridgehead atoms. The molecule has 0 radical (unpaired) electrons. The number of rotatable bonds is 3. The molecule has 2 unspecified atom stereocenters. The number of aryl methyl sites for hydroxylation is 2. The number of hydrogen-bond donors (Lipinski definition) is 0. The van der Waals surface area contributed by atoms with Crippen LogP contribution in [0.4, 0.5) is 0 Å². The number of ether oxygens (including phenoxy) is 2. The topological polar surface area (TPSA) is 51.9 Å². The van der Waals surface area contributed by atoms with Crippen molar-refractivity contribution in [3.05, 3.63) is 29.5 Å². The van der Waals surface area contributed by atoms with Crippen molar-refractivity contribution in [1.29, 1.82) is 0 Å². The highest BCUT2D eigenvalue weighted by Crippen LogP contribution is 2.33. The van der Waals surface area contributed by atoms with Crippen LogP contribution in [-0.2, 0) is 22.4 Å². The Morgan fingerprint density at radius 1 is 1.20 bits per heavy atom. The van der Waals surface area contributed by atoms with E-state index in [1.54, 1.807) is 0 Å². The van der Waals surface area contributed by atoms with Crippen LogP contribution in [0, 0.1) is 0 Å². The van der Waals surface area contributed by atoms with Crippen LogP contribution >= 0.6 is 0 Å². The number of carbonyl (C=O) groups excluding carboxylic acids is 1. The summed E-state index contributed by atoms with van der Waals surface area (Å²) in [4.78, 5) is 14.3. The maximum atomic E-state index is 12.4. The normalized spacial score (nSPS) is 23.5. The van der Waals surface area contributed by atoms with E-state index in [0.29, 0.717) is 13.1 Å². The van der Waals surface area contributed by atoms with Crippen molar-refractivity contribution >= 4 is 16.9 Å². The lowest BCUT2D eigenvalue weighted by atomic mass is 9.96. The number of fused-ring (bicyclic) bond motifs is 3. The largest absolute Gasteiger partial charge is 0.484 e. The summed E-state index contributed by atoms with van der Waals surface area (Å²) < 4.78 is 17.4. The highest BCUT2D eigenvalue weighted by atomic mass is 16.5. The molecule has 5 nitrogen and oxygen atoms in total. The second kappa shape index (κ2) is 6.71. The zero-order valence-electron chi connectivity index (χ0n) is 14.9. The Balaban J connectivity index is 1.45. The van der Waals surface area contributed by atoms with Crippen molar-refractivity contribution in [3.8, 4) is 5.75 Å². The lowest BCUT2D eigenvalue weighted by Gasteiger charge is -2.35. The number of benzene rings is 1. The van der Waals surface area contributed by atoms with Gasteiger partial charge in [0.05, 0.1) is 12.2 Å². The van der Waals surface area contributed by atoms with Gasteiger partial charge in [0, 0.05) is 30.5 Å². The fraction of sp³-hybridized carbons (Fsp3) is 0.550. The minimum Gasteiger partial charge on any atom is -0.484 e.